The first kappa shape index (κ1) is 16.8. The van der Waals surface area contributed by atoms with Gasteiger partial charge >= 0.3 is 0 Å². The second-order valence-corrected chi connectivity index (χ2v) is 7.48. The topological polar surface area (TPSA) is 66.9 Å². The molecule has 0 bridgehead atoms. The standard InChI is InChI=1S/C15H20N4OS2/c1-4-8-16-13(20)11(3)21-15-19-18-14(22-15)17-12-7-5-6-10(2)9-12/h5-7,9,11H,4,8H2,1-3H3,(H,16,20)(H,17,18)/t11-/m0/s1. The molecule has 1 amide bonds. The Labute approximate surface area is 138 Å². The normalized spacial score (nSPS) is 12.0. The molecule has 0 spiro atoms. The van der Waals surface area contributed by atoms with Gasteiger partial charge < -0.3 is 10.6 Å². The Bertz CT molecular complexity index is 630. The van der Waals surface area contributed by atoms with Gasteiger partial charge in [-0.1, -0.05) is 42.2 Å². The monoisotopic (exact) mass is 336 g/mol. The summed E-state index contributed by atoms with van der Waals surface area (Å²) in [5.41, 5.74) is 2.17. The molecule has 0 aliphatic carbocycles. The van der Waals surface area contributed by atoms with Gasteiger partial charge in [0.2, 0.25) is 11.0 Å². The number of nitrogens with zero attached hydrogens (tertiary/aromatic N) is 2. The van der Waals surface area contributed by atoms with Crippen molar-refractivity contribution in [3.8, 4) is 0 Å². The average molecular weight is 336 g/mol. The van der Waals surface area contributed by atoms with E-state index in [1.54, 1.807) is 0 Å². The Hall–Kier alpha value is -1.60. The van der Waals surface area contributed by atoms with Crippen molar-refractivity contribution in [3.63, 3.8) is 0 Å². The predicted molar refractivity (Wildman–Crippen MR) is 93.0 cm³/mol. The van der Waals surface area contributed by atoms with Crippen LogP contribution in [0.1, 0.15) is 25.8 Å². The van der Waals surface area contributed by atoms with Gasteiger partial charge in [0, 0.05) is 12.2 Å². The molecule has 0 unspecified atom stereocenters. The van der Waals surface area contributed by atoms with Crippen molar-refractivity contribution in [3.05, 3.63) is 29.8 Å². The van der Waals surface area contributed by atoms with Crippen molar-refractivity contribution < 1.29 is 4.79 Å². The summed E-state index contributed by atoms with van der Waals surface area (Å²) in [6.07, 6.45) is 0.937. The van der Waals surface area contributed by atoms with Gasteiger partial charge in [0.25, 0.3) is 0 Å². The SMILES string of the molecule is CCCNC(=O)[C@H](C)Sc1nnc(Nc2cccc(C)c2)s1. The summed E-state index contributed by atoms with van der Waals surface area (Å²) < 4.78 is 0.786. The number of benzene rings is 1. The Morgan fingerprint density at radius 3 is 2.95 bits per heavy atom. The van der Waals surface area contributed by atoms with E-state index in [0.717, 1.165) is 21.6 Å². The number of aromatic nitrogens is 2. The fraction of sp³-hybridized carbons (Fsp3) is 0.400. The molecule has 2 rings (SSSR count). The third-order valence-electron chi connectivity index (χ3n) is 2.87. The first-order valence-corrected chi connectivity index (χ1v) is 8.89. The number of carbonyl (C=O) groups is 1. The number of rotatable bonds is 7. The fourth-order valence-electron chi connectivity index (χ4n) is 1.75. The zero-order chi connectivity index (χ0) is 15.9. The summed E-state index contributed by atoms with van der Waals surface area (Å²) in [6.45, 7) is 6.67. The molecule has 2 N–H and O–H groups in total. The molecule has 1 aromatic carbocycles. The number of hydrogen-bond donors (Lipinski definition) is 2. The maximum atomic E-state index is 11.9. The van der Waals surface area contributed by atoms with Gasteiger partial charge in [-0.3, -0.25) is 4.79 Å². The van der Waals surface area contributed by atoms with Crippen LogP contribution < -0.4 is 10.6 Å². The van der Waals surface area contributed by atoms with Crippen LogP contribution in [-0.4, -0.2) is 27.9 Å². The van der Waals surface area contributed by atoms with E-state index in [1.807, 2.05) is 39.0 Å². The first-order chi connectivity index (χ1) is 10.6. The van der Waals surface area contributed by atoms with Gasteiger partial charge in [-0.25, -0.2) is 0 Å². The quantitative estimate of drug-likeness (QED) is 0.756. The molecule has 0 saturated heterocycles. The molecule has 0 aliphatic rings. The molecule has 2 aromatic rings. The highest BCUT2D eigenvalue weighted by Crippen LogP contribution is 2.30. The minimum atomic E-state index is -0.175. The Balaban J connectivity index is 1.92. The number of amides is 1. The molecule has 1 atom stereocenters. The van der Waals surface area contributed by atoms with E-state index in [0.29, 0.717) is 6.54 Å². The molecule has 22 heavy (non-hydrogen) atoms. The van der Waals surface area contributed by atoms with Crippen molar-refractivity contribution in [2.75, 3.05) is 11.9 Å². The average Bonchev–Trinajstić information content (AvgIpc) is 2.91. The molecule has 1 aromatic heterocycles. The predicted octanol–water partition coefficient (Wildman–Crippen LogP) is 3.60. The molecule has 0 saturated carbocycles. The lowest BCUT2D eigenvalue weighted by Crippen LogP contribution is -2.31. The lowest BCUT2D eigenvalue weighted by molar-refractivity contribution is -0.120. The van der Waals surface area contributed by atoms with Crippen LogP contribution in [0.25, 0.3) is 0 Å². The summed E-state index contributed by atoms with van der Waals surface area (Å²) in [6, 6.07) is 8.08. The van der Waals surface area contributed by atoms with Gasteiger partial charge in [0.1, 0.15) is 0 Å². The van der Waals surface area contributed by atoms with Crippen LogP contribution in [0.15, 0.2) is 28.6 Å². The van der Waals surface area contributed by atoms with Crippen LogP contribution >= 0.6 is 23.1 Å². The molecule has 0 fully saturated rings. The number of aryl methyl sites for hydroxylation is 1. The first-order valence-electron chi connectivity index (χ1n) is 7.20. The van der Waals surface area contributed by atoms with Crippen LogP contribution in [0.2, 0.25) is 0 Å². The second-order valence-electron chi connectivity index (χ2n) is 4.92. The zero-order valence-electron chi connectivity index (χ0n) is 12.9. The molecular weight excluding hydrogens is 316 g/mol. The van der Waals surface area contributed by atoms with Gasteiger partial charge in [-0.15, -0.1) is 10.2 Å². The summed E-state index contributed by atoms with van der Waals surface area (Å²) in [4.78, 5) is 11.9. The van der Waals surface area contributed by atoms with E-state index in [1.165, 1.54) is 28.7 Å². The van der Waals surface area contributed by atoms with Crippen LogP contribution in [0.4, 0.5) is 10.8 Å². The van der Waals surface area contributed by atoms with Gasteiger partial charge in [0.15, 0.2) is 4.34 Å². The van der Waals surface area contributed by atoms with E-state index < -0.39 is 0 Å². The highest BCUT2D eigenvalue weighted by Gasteiger charge is 2.16. The van der Waals surface area contributed by atoms with Crippen molar-refractivity contribution in [1.29, 1.82) is 0 Å². The summed E-state index contributed by atoms with van der Waals surface area (Å²) in [5.74, 6) is 0.0373. The van der Waals surface area contributed by atoms with Crippen molar-refractivity contribution in [1.82, 2.24) is 15.5 Å². The third kappa shape index (κ3) is 4.99. The Morgan fingerprint density at radius 1 is 1.41 bits per heavy atom. The van der Waals surface area contributed by atoms with E-state index in [9.17, 15) is 4.79 Å². The Kier molecular flexibility index (Phi) is 6.21. The molecule has 7 heteroatoms. The van der Waals surface area contributed by atoms with E-state index in [4.69, 9.17) is 0 Å². The molecular formula is C15H20N4OS2. The molecule has 0 aliphatic heterocycles. The number of thioether (sulfide) groups is 1. The molecule has 5 nitrogen and oxygen atoms in total. The summed E-state index contributed by atoms with van der Waals surface area (Å²) >= 11 is 2.88. The summed E-state index contributed by atoms with van der Waals surface area (Å²) in [7, 11) is 0. The van der Waals surface area contributed by atoms with Crippen molar-refractivity contribution in [2.45, 2.75) is 36.8 Å². The van der Waals surface area contributed by atoms with Crippen LogP contribution in [0.5, 0.6) is 0 Å². The van der Waals surface area contributed by atoms with E-state index in [-0.39, 0.29) is 11.2 Å². The van der Waals surface area contributed by atoms with E-state index in [2.05, 4.69) is 26.9 Å². The van der Waals surface area contributed by atoms with Crippen molar-refractivity contribution >= 4 is 39.8 Å². The number of hydrogen-bond acceptors (Lipinski definition) is 6. The van der Waals surface area contributed by atoms with Gasteiger partial charge in [0.05, 0.1) is 5.25 Å². The smallest absolute Gasteiger partial charge is 0.233 e. The Morgan fingerprint density at radius 2 is 2.23 bits per heavy atom. The third-order valence-corrected chi connectivity index (χ3v) is 4.89. The lowest BCUT2D eigenvalue weighted by atomic mass is 10.2. The molecule has 0 radical (unpaired) electrons. The van der Waals surface area contributed by atoms with E-state index >= 15 is 0 Å². The second kappa shape index (κ2) is 8.14. The maximum absolute atomic E-state index is 11.9. The van der Waals surface area contributed by atoms with Gasteiger partial charge in [-0.2, -0.15) is 0 Å². The minimum Gasteiger partial charge on any atom is -0.355 e. The highest BCUT2D eigenvalue weighted by atomic mass is 32.2. The lowest BCUT2D eigenvalue weighted by Gasteiger charge is -2.08. The highest BCUT2D eigenvalue weighted by molar-refractivity contribution is 8.02. The molecule has 118 valence electrons. The van der Waals surface area contributed by atoms with Gasteiger partial charge in [-0.05, 0) is 38.0 Å². The summed E-state index contributed by atoms with van der Waals surface area (Å²) in [5, 5.41) is 14.9. The number of anilines is 2. The maximum Gasteiger partial charge on any atom is 0.233 e. The van der Waals surface area contributed by atoms with Crippen molar-refractivity contribution in [2.24, 2.45) is 0 Å². The fourth-order valence-corrected chi connectivity index (χ4v) is 3.69. The largest absolute Gasteiger partial charge is 0.355 e. The van der Waals surface area contributed by atoms with Crippen LogP contribution in [-0.2, 0) is 4.79 Å². The number of carbonyl (C=O) groups excluding carboxylic acids is 1. The molecule has 1 heterocycles. The van der Waals surface area contributed by atoms with Crippen LogP contribution in [0.3, 0.4) is 0 Å². The van der Waals surface area contributed by atoms with Crippen LogP contribution in [0, 0.1) is 6.92 Å². The minimum absolute atomic E-state index is 0.0373. The zero-order valence-corrected chi connectivity index (χ0v) is 14.6. The number of nitrogens with one attached hydrogen (secondary N) is 2.